The van der Waals surface area contributed by atoms with Crippen molar-refractivity contribution < 1.29 is 28.6 Å². The lowest BCUT2D eigenvalue weighted by Gasteiger charge is -2.36. The van der Waals surface area contributed by atoms with Gasteiger partial charge in [-0.05, 0) is 109 Å². The summed E-state index contributed by atoms with van der Waals surface area (Å²) in [5.74, 6) is 2.87. The van der Waals surface area contributed by atoms with Crippen LogP contribution in [0.15, 0.2) is 69.4 Å². The maximum Gasteiger partial charge on any atom is 0.203 e. The highest BCUT2D eigenvalue weighted by Gasteiger charge is 2.29. The molecule has 0 unspecified atom stereocenters. The number of pyridine rings is 1. The molecule has 0 amide bonds. The standard InChI is InChI=1S/C23H25N5O2.C16H22N2O2.C10H9BrO2.C6H14N2/c1-13-6-7-17-21(29)20(9-19-16-5-4-8-24-23(16)27-26-19)30-22(17)18(13)12-28-10-14(2)25-15(3)11-28;1-10-4-5-13-15(19)9-20-16(13)14(10)8-18-6-11(2)17-12(3)7-18;1-6-2-3-7-9(12)5-13-10(7)8(6)4-11;1-5-3-7-4-6(2)8-5/h4-9,14-15,25,29H,10-12H2,1-3H3;4-5,11-12,17H,6-9H2,1-3H3;2-3H,4-5H2,1H3;5-8H,3-4H2,1-2H3/t14-,15+;11-,12+;;5-,6+. The molecule has 0 saturated carbocycles. The van der Waals surface area contributed by atoms with Crippen molar-refractivity contribution in [3.05, 3.63) is 111 Å². The number of aromatic nitrogens is 1. The molecule has 6 aliphatic rings. The number of hydrogen-bond acceptors (Lipinski definition) is 15. The zero-order valence-electron chi connectivity index (χ0n) is 42.6. The Kier molecular flexibility index (Phi) is 16.9. The van der Waals surface area contributed by atoms with E-state index in [0.29, 0.717) is 53.5 Å². The summed E-state index contributed by atoms with van der Waals surface area (Å²) in [4.78, 5) is 32.2. The lowest BCUT2D eigenvalue weighted by Crippen LogP contribution is -2.53. The first-order valence-corrected chi connectivity index (χ1v) is 26.1. The van der Waals surface area contributed by atoms with E-state index in [1.165, 1.54) is 11.1 Å². The molecule has 11 rings (SSSR count). The Bertz CT molecular complexity index is 2780. The summed E-state index contributed by atoms with van der Waals surface area (Å²) in [6.45, 7) is 27.7. The molecule has 5 N–H and O–H groups in total. The number of piperazine rings is 3. The number of nitrogens with zero attached hydrogens (tertiary/aromatic N) is 5. The summed E-state index contributed by atoms with van der Waals surface area (Å²) >= 11 is 3.39. The van der Waals surface area contributed by atoms with E-state index in [1.807, 2.05) is 55.5 Å². The van der Waals surface area contributed by atoms with Crippen LogP contribution in [0.1, 0.15) is 107 Å². The highest BCUT2D eigenvalue weighted by atomic mass is 79.9. The average molecular weight is 1030 g/mol. The van der Waals surface area contributed by atoms with Crippen molar-refractivity contribution >= 4 is 56.1 Å². The van der Waals surface area contributed by atoms with Gasteiger partial charge in [0.1, 0.15) is 22.8 Å². The van der Waals surface area contributed by atoms with Crippen molar-refractivity contribution in [1.29, 1.82) is 0 Å². The number of azo groups is 1. The van der Waals surface area contributed by atoms with E-state index in [9.17, 15) is 14.7 Å². The topological polar surface area (TPSA) is 178 Å². The van der Waals surface area contributed by atoms with Crippen LogP contribution in [0.2, 0.25) is 0 Å². The highest BCUT2D eigenvalue weighted by molar-refractivity contribution is 9.08. The van der Waals surface area contributed by atoms with Crippen LogP contribution in [0, 0.1) is 20.8 Å². The number of furan rings is 1. The monoisotopic (exact) mass is 1030 g/mol. The van der Waals surface area contributed by atoms with E-state index in [0.717, 1.165) is 119 Å². The van der Waals surface area contributed by atoms with Crippen LogP contribution in [-0.2, 0) is 18.4 Å². The van der Waals surface area contributed by atoms with Gasteiger partial charge < -0.3 is 40.3 Å². The molecule has 5 aromatic rings. The third-order valence-corrected chi connectivity index (χ3v) is 14.3. The predicted octanol–water partition coefficient (Wildman–Crippen LogP) is 8.79. The number of aromatic hydroxyl groups is 1. The molecule has 3 aromatic carbocycles. The smallest absolute Gasteiger partial charge is 0.203 e. The van der Waals surface area contributed by atoms with Gasteiger partial charge >= 0.3 is 0 Å². The maximum absolute atomic E-state index is 11.8. The van der Waals surface area contributed by atoms with Crippen molar-refractivity contribution in [1.82, 2.24) is 36.1 Å². The van der Waals surface area contributed by atoms with Gasteiger partial charge in [0.2, 0.25) is 11.6 Å². The molecular weight excluding hydrogens is 963 g/mol. The number of carbonyl (C=O) groups is 2. The summed E-state index contributed by atoms with van der Waals surface area (Å²) in [6, 6.07) is 18.6. The summed E-state index contributed by atoms with van der Waals surface area (Å²) in [5, 5.41) is 34.4. The molecule has 3 saturated heterocycles. The highest BCUT2D eigenvalue weighted by Crippen LogP contribution is 2.41. The number of Topliss-reactive ketones (excluding diaryl/α,β-unsaturated/α-hetero) is 2. The number of aryl methyl sites for hydroxylation is 3. The summed E-state index contributed by atoms with van der Waals surface area (Å²) in [6.07, 6.45) is 3.42. The van der Waals surface area contributed by atoms with E-state index >= 15 is 0 Å². The van der Waals surface area contributed by atoms with Gasteiger partial charge in [-0.3, -0.25) is 19.4 Å². The molecule has 6 aliphatic heterocycles. The number of halogens is 1. The predicted molar refractivity (Wildman–Crippen MR) is 283 cm³/mol. The Morgan fingerprint density at radius 1 is 0.662 bits per heavy atom. The molecule has 0 radical (unpaired) electrons. The van der Waals surface area contributed by atoms with Crippen molar-refractivity contribution in [3.63, 3.8) is 0 Å². The van der Waals surface area contributed by atoms with Gasteiger partial charge in [0.05, 0.1) is 16.5 Å². The Labute approximate surface area is 426 Å². The Balaban J connectivity index is 0.000000141. The molecule has 8 heterocycles. The minimum absolute atomic E-state index is 0.0807. The van der Waals surface area contributed by atoms with Crippen molar-refractivity contribution in [2.45, 2.75) is 117 Å². The van der Waals surface area contributed by atoms with Gasteiger partial charge in [-0.15, -0.1) is 10.2 Å². The third-order valence-electron chi connectivity index (χ3n) is 13.7. The first-order valence-electron chi connectivity index (χ1n) is 25.0. The lowest BCUT2D eigenvalue weighted by atomic mass is 10.0. The van der Waals surface area contributed by atoms with Crippen LogP contribution in [0.25, 0.3) is 22.7 Å². The van der Waals surface area contributed by atoms with E-state index < -0.39 is 0 Å². The van der Waals surface area contributed by atoms with Crippen LogP contribution in [0.5, 0.6) is 17.2 Å². The van der Waals surface area contributed by atoms with Crippen LogP contribution >= 0.6 is 15.9 Å². The van der Waals surface area contributed by atoms with E-state index in [2.05, 4.69) is 118 Å². The SMILES string of the molecule is C[C@@H]1CNC[C@H](C)N1.Cc1ccc2c(O)c(C=C3N=Nc4ncccc43)oc2c1CN1C[C@@H](C)N[C@@H](C)C1.Cc1ccc2c(c1CBr)OCC2=O.Cc1ccc2c(c1CN1C[C@@H](C)N[C@@H](C)C1)OCC2=O. The first kappa shape index (κ1) is 52.0. The molecule has 16 heteroatoms. The average Bonchev–Trinajstić information content (AvgIpc) is 4.10. The molecule has 0 bridgehead atoms. The van der Waals surface area contributed by atoms with Crippen molar-refractivity contribution in [2.24, 2.45) is 10.2 Å². The van der Waals surface area contributed by atoms with Crippen LogP contribution in [0.4, 0.5) is 5.82 Å². The van der Waals surface area contributed by atoms with Gasteiger partial charge in [-0.25, -0.2) is 4.98 Å². The van der Waals surface area contributed by atoms with Crippen LogP contribution < -0.4 is 30.7 Å². The Morgan fingerprint density at radius 3 is 1.72 bits per heavy atom. The van der Waals surface area contributed by atoms with Gasteiger partial charge in [0, 0.05) is 128 Å². The van der Waals surface area contributed by atoms with Gasteiger partial charge in [-0.2, -0.15) is 0 Å². The normalized spacial score (nSPS) is 24.2. The molecule has 3 fully saturated rings. The van der Waals surface area contributed by atoms with Gasteiger partial charge in [0.15, 0.2) is 30.5 Å². The van der Waals surface area contributed by atoms with Crippen LogP contribution in [-0.4, -0.2) is 120 Å². The number of ketones is 2. The number of rotatable bonds is 6. The summed E-state index contributed by atoms with van der Waals surface area (Å²) < 4.78 is 17.2. The van der Waals surface area contributed by atoms with Gasteiger partial charge in [-0.1, -0.05) is 34.1 Å². The minimum Gasteiger partial charge on any atom is -0.504 e. The molecular formula is C55H70BrN9O6. The fraction of sp³-hybridized carbons (Fsp3) is 0.473. The molecule has 15 nitrogen and oxygen atoms in total. The third kappa shape index (κ3) is 12.3. The second-order valence-corrected chi connectivity index (χ2v) is 20.7. The fourth-order valence-electron chi connectivity index (χ4n) is 10.4. The number of hydrogen-bond donors (Lipinski definition) is 5. The fourth-order valence-corrected chi connectivity index (χ4v) is 11.1. The number of benzene rings is 3. The number of nitrogens with one attached hydrogen (secondary N) is 4. The Hall–Kier alpha value is -5.33. The second kappa shape index (κ2) is 23.0. The minimum atomic E-state index is 0.0807. The van der Waals surface area contributed by atoms with E-state index in [1.54, 1.807) is 12.3 Å². The maximum atomic E-state index is 11.8. The van der Waals surface area contributed by atoms with E-state index in [4.69, 9.17) is 13.9 Å². The number of fused-ring (bicyclic) bond motifs is 4. The summed E-state index contributed by atoms with van der Waals surface area (Å²) in [5.41, 5.74) is 10.6. The molecule has 378 valence electrons. The number of carbonyl (C=O) groups excluding carboxylic acids is 2. The molecule has 0 spiro atoms. The molecule has 0 aliphatic carbocycles. The van der Waals surface area contributed by atoms with Crippen LogP contribution in [0.3, 0.4) is 0 Å². The van der Waals surface area contributed by atoms with E-state index in [-0.39, 0.29) is 30.5 Å². The molecule has 2 aromatic heterocycles. The largest absolute Gasteiger partial charge is 0.504 e. The zero-order chi connectivity index (χ0) is 50.5. The zero-order valence-corrected chi connectivity index (χ0v) is 44.2. The Morgan fingerprint density at radius 2 is 1.17 bits per heavy atom. The van der Waals surface area contributed by atoms with Gasteiger partial charge in [0.25, 0.3) is 0 Å². The van der Waals surface area contributed by atoms with Crippen molar-refractivity contribution in [3.8, 4) is 17.2 Å². The first-order chi connectivity index (χ1) is 34.1. The number of alkyl halides is 1. The lowest BCUT2D eigenvalue weighted by molar-refractivity contribution is 0.0954. The molecule has 71 heavy (non-hydrogen) atoms. The second-order valence-electron chi connectivity index (χ2n) is 20.1. The van der Waals surface area contributed by atoms with Crippen molar-refractivity contribution in [2.75, 3.05) is 52.5 Å². The quantitative estimate of drug-likeness (QED) is 0.102. The molecule has 6 atom stereocenters. The number of ether oxygens (including phenoxy) is 2. The summed E-state index contributed by atoms with van der Waals surface area (Å²) in [7, 11) is 0.